The Morgan fingerprint density at radius 3 is 1.95 bits per heavy atom. The Bertz CT molecular complexity index is 541. The number of nitrogens with one attached hydrogen (secondary N) is 1. The normalized spacial score (nSPS) is 10.5. The first-order valence-corrected chi connectivity index (χ1v) is 6.06. The Morgan fingerprint density at radius 1 is 0.895 bits per heavy atom. The minimum absolute atomic E-state index is 0.218. The Morgan fingerprint density at radius 2 is 1.42 bits per heavy atom. The van der Waals surface area contributed by atoms with Crippen LogP contribution in [-0.4, -0.2) is 0 Å². The average Bonchev–Trinajstić information content (AvgIpc) is 2.43. The second-order valence-corrected chi connectivity index (χ2v) is 4.28. The highest BCUT2D eigenvalue weighted by Crippen LogP contribution is 2.18. The summed E-state index contributed by atoms with van der Waals surface area (Å²) in [7, 11) is 0. The molecule has 1 N–H and O–H groups in total. The molecule has 0 radical (unpaired) electrons. The first-order valence-electron chi connectivity index (χ1n) is 6.06. The summed E-state index contributed by atoms with van der Waals surface area (Å²) >= 11 is 0. The molecular formula is C15H14F3N. The molecule has 0 spiro atoms. The van der Waals surface area contributed by atoms with Gasteiger partial charge in [-0.2, -0.15) is 0 Å². The number of hydrogen-bond acceptors (Lipinski definition) is 1. The Balaban J connectivity index is 2.05. The van der Waals surface area contributed by atoms with Crippen molar-refractivity contribution in [2.75, 3.05) is 5.32 Å². The van der Waals surface area contributed by atoms with Crippen molar-refractivity contribution in [2.45, 2.75) is 19.9 Å². The molecule has 0 atom stereocenters. The topological polar surface area (TPSA) is 12.0 Å². The van der Waals surface area contributed by atoms with Gasteiger partial charge in [-0.05, 0) is 17.5 Å². The fraction of sp³-hybridized carbons (Fsp3) is 0.200. The van der Waals surface area contributed by atoms with Crippen molar-refractivity contribution in [3.8, 4) is 0 Å². The van der Waals surface area contributed by atoms with Crippen molar-refractivity contribution >= 4 is 5.69 Å². The lowest BCUT2D eigenvalue weighted by molar-refractivity contribution is 0.447. The van der Waals surface area contributed by atoms with Crippen LogP contribution in [0, 0.1) is 17.5 Å². The van der Waals surface area contributed by atoms with Gasteiger partial charge in [-0.25, -0.2) is 13.2 Å². The largest absolute Gasteiger partial charge is 0.381 e. The second kappa shape index (κ2) is 5.78. The number of hydrogen-bond donors (Lipinski definition) is 1. The molecule has 0 heterocycles. The molecule has 1 nitrogen and oxygen atoms in total. The maximum atomic E-state index is 13.0. The van der Waals surface area contributed by atoms with Gasteiger partial charge in [-0.1, -0.05) is 31.2 Å². The van der Waals surface area contributed by atoms with Gasteiger partial charge in [-0.3, -0.25) is 0 Å². The van der Waals surface area contributed by atoms with Crippen LogP contribution in [0.15, 0.2) is 36.4 Å². The minimum Gasteiger partial charge on any atom is -0.381 e. The van der Waals surface area contributed by atoms with E-state index in [2.05, 4.69) is 12.2 Å². The van der Waals surface area contributed by atoms with Gasteiger partial charge in [0.05, 0.1) is 0 Å². The summed E-state index contributed by atoms with van der Waals surface area (Å²) in [4.78, 5) is 0. The van der Waals surface area contributed by atoms with E-state index in [1.165, 1.54) is 5.56 Å². The van der Waals surface area contributed by atoms with E-state index in [0.717, 1.165) is 24.1 Å². The highest BCUT2D eigenvalue weighted by molar-refractivity contribution is 5.44. The van der Waals surface area contributed by atoms with Crippen molar-refractivity contribution < 1.29 is 13.2 Å². The van der Waals surface area contributed by atoms with E-state index in [-0.39, 0.29) is 5.69 Å². The van der Waals surface area contributed by atoms with Gasteiger partial charge in [0.2, 0.25) is 0 Å². The fourth-order valence-electron chi connectivity index (χ4n) is 1.75. The summed E-state index contributed by atoms with van der Waals surface area (Å²) in [6.45, 7) is 2.49. The molecule has 0 bridgehead atoms. The van der Waals surface area contributed by atoms with E-state index in [1.54, 1.807) is 0 Å². The third kappa shape index (κ3) is 3.28. The molecular weight excluding hydrogens is 251 g/mol. The molecule has 0 amide bonds. The first kappa shape index (κ1) is 13.5. The zero-order valence-electron chi connectivity index (χ0n) is 10.5. The second-order valence-electron chi connectivity index (χ2n) is 4.28. The molecule has 0 saturated heterocycles. The Hall–Kier alpha value is -1.97. The summed E-state index contributed by atoms with van der Waals surface area (Å²) in [5, 5.41) is 2.86. The monoisotopic (exact) mass is 265 g/mol. The summed E-state index contributed by atoms with van der Waals surface area (Å²) in [6.07, 6.45) is 0.960. The molecule has 2 aromatic rings. The van der Waals surface area contributed by atoms with Gasteiger partial charge >= 0.3 is 0 Å². The Labute approximate surface area is 110 Å². The van der Waals surface area contributed by atoms with Gasteiger partial charge in [-0.15, -0.1) is 0 Å². The molecule has 0 aromatic heterocycles. The summed E-state index contributed by atoms with van der Waals surface area (Å²) in [5.74, 6) is -3.83. The summed E-state index contributed by atoms with van der Waals surface area (Å²) < 4.78 is 38.8. The molecule has 0 aliphatic rings. The molecule has 0 unspecified atom stereocenters. The van der Waals surface area contributed by atoms with Gasteiger partial charge in [0, 0.05) is 24.4 Å². The van der Waals surface area contributed by atoms with E-state index in [0.29, 0.717) is 6.54 Å². The molecule has 0 aliphatic heterocycles. The van der Waals surface area contributed by atoms with Gasteiger partial charge in [0.15, 0.2) is 17.5 Å². The van der Waals surface area contributed by atoms with E-state index in [1.807, 2.05) is 24.3 Å². The molecule has 0 aliphatic carbocycles. The summed E-state index contributed by atoms with van der Waals surface area (Å²) in [5.41, 5.74) is 2.43. The zero-order chi connectivity index (χ0) is 13.8. The highest BCUT2D eigenvalue weighted by atomic mass is 19.2. The Kier molecular flexibility index (Phi) is 4.10. The maximum absolute atomic E-state index is 13.0. The SMILES string of the molecule is CCc1ccc(CNc2cc(F)c(F)c(F)c2)cc1. The van der Waals surface area contributed by atoms with Crippen molar-refractivity contribution in [3.05, 3.63) is 65.0 Å². The van der Waals surface area contributed by atoms with Crippen LogP contribution in [0.4, 0.5) is 18.9 Å². The lowest BCUT2D eigenvalue weighted by Gasteiger charge is -2.08. The van der Waals surface area contributed by atoms with Crippen LogP contribution in [0.25, 0.3) is 0 Å². The highest BCUT2D eigenvalue weighted by Gasteiger charge is 2.10. The molecule has 2 rings (SSSR count). The molecule has 19 heavy (non-hydrogen) atoms. The minimum atomic E-state index is -1.45. The lowest BCUT2D eigenvalue weighted by atomic mass is 10.1. The van der Waals surface area contributed by atoms with Crippen molar-refractivity contribution in [1.82, 2.24) is 0 Å². The molecule has 0 fully saturated rings. The van der Waals surface area contributed by atoms with Crippen molar-refractivity contribution in [2.24, 2.45) is 0 Å². The molecule has 100 valence electrons. The number of halogens is 3. The first-order chi connectivity index (χ1) is 9.10. The van der Waals surface area contributed by atoms with Crippen LogP contribution < -0.4 is 5.32 Å². The predicted molar refractivity (Wildman–Crippen MR) is 69.5 cm³/mol. The predicted octanol–water partition coefficient (Wildman–Crippen LogP) is 4.28. The van der Waals surface area contributed by atoms with E-state index < -0.39 is 17.5 Å². The summed E-state index contributed by atoms with van der Waals surface area (Å²) in [6, 6.07) is 9.79. The van der Waals surface area contributed by atoms with Crippen LogP contribution in [0.5, 0.6) is 0 Å². The number of anilines is 1. The average molecular weight is 265 g/mol. The van der Waals surface area contributed by atoms with Crippen molar-refractivity contribution in [1.29, 1.82) is 0 Å². The molecule has 2 aromatic carbocycles. The van der Waals surface area contributed by atoms with E-state index in [4.69, 9.17) is 0 Å². The third-order valence-corrected chi connectivity index (χ3v) is 2.91. The van der Waals surface area contributed by atoms with Crippen LogP contribution in [0.2, 0.25) is 0 Å². The lowest BCUT2D eigenvalue weighted by Crippen LogP contribution is -2.02. The molecule has 0 saturated carbocycles. The van der Waals surface area contributed by atoms with Crippen LogP contribution in [-0.2, 0) is 13.0 Å². The van der Waals surface area contributed by atoms with E-state index >= 15 is 0 Å². The number of benzene rings is 2. The van der Waals surface area contributed by atoms with Gasteiger partial charge in [0.1, 0.15) is 0 Å². The van der Waals surface area contributed by atoms with Gasteiger partial charge < -0.3 is 5.32 Å². The van der Waals surface area contributed by atoms with E-state index in [9.17, 15) is 13.2 Å². The van der Waals surface area contributed by atoms with Crippen molar-refractivity contribution in [3.63, 3.8) is 0 Å². The van der Waals surface area contributed by atoms with Crippen LogP contribution >= 0.6 is 0 Å². The van der Waals surface area contributed by atoms with Gasteiger partial charge in [0.25, 0.3) is 0 Å². The number of rotatable bonds is 4. The zero-order valence-corrected chi connectivity index (χ0v) is 10.5. The third-order valence-electron chi connectivity index (χ3n) is 2.91. The molecule has 4 heteroatoms. The standard InChI is InChI=1S/C15H14F3N/c1-2-10-3-5-11(6-4-10)9-19-12-7-13(16)15(18)14(17)8-12/h3-8,19H,2,9H2,1H3. The van der Waals surface area contributed by atoms with Crippen LogP contribution in [0.1, 0.15) is 18.1 Å². The maximum Gasteiger partial charge on any atom is 0.194 e. The number of aryl methyl sites for hydroxylation is 1. The fourth-order valence-corrected chi connectivity index (χ4v) is 1.75. The smallest absolute Gasteiger partial charge is 0.194 e. The quantitative estimate of drug-likeness (QED) is 0.814. The van der Waals surface area contributed by atoms with Crippen LogP contribution in [0.3, 0.4) is 0 Å².